The van der Waals surface area contributed by atoms with E-state index in [-0.39, 0.29) is 23.3 Å². The van der Waals surface area contributed by atoms with Crippen LogP contribution in [0.5, 0.6) is 5.75 Å². The Labute approximate surface area is 147 Å². The first-order chi connectivity index (χ1) is 12.0. The molecule has 2 aromatic carbocycles. The van der Waals surface area contributed by atoms with E-state index >= 15 is 0 Å². The van der Waals surface area contributed by atoms with Crippen molar-refractivity contribution in [2.45, 2.75) is 13.0 Å². The van der Waals surface area contributed by atoms with Gasteiger partial charge in [0.1, 0.15) is 12.4 Å². The van der Waals surface area contributed by atoms with E-state index in [9.17, 15) is 13.2 Å². The van der Waals surface area contributed by atoms with E-state index in [0.717, 1.165) is 5.56 Å². The summed E-state index contributed by atoms with van der Waals surface area (Å²) >= 11 is 0. The lowest BCUT2D eigenvalue weighted by molar-refractivity contribution is 0.0948. The lowest BCUT2D eigenvalue weighted by atomic mass is 10.1. The van der Waals surface area contributed by atoms with Gasteiger partial charge in [-0.2, -0.15) is 0 Å². The SMILES string of the molecule is O=C(NCC1CCS(=O)(=O)C1)c1cccc(OCc2ccccc2)c1. The smallest absolute Gasteiger partial charge is 0.251 e. The zero-order valence-electron chi connectivity index (χ0n) is 13.9. The molecule has 132 valence electrons. The van der Waals surface area contributed by atoms with Crippen molar-refractivity contribution in [3.05, 3.63) is 65.7 Å². The fourth-order valence-corrected chi connectivity index (χ4v) is 4.70. The second-order valence-electron chi connectivity index (χ2n) is 6.28. The number of hydrogen-bond acceptors (Lipinski definition) is 4. The van der Waals surface area contributed by atoms with Crippen LogP contribution in [0.25, 0.3) is 0 Å². The van der Waals surface area contributed by atoms with Crippen LogP contribution in [0.3, 0.4) is 0 Å². The van der Waals surface area contributed by atoms with E-state index in [2.05, 4.69) is 5.32 Å². The predicted octanol–water partition coefficient (Wildman–Crippen LogP) is 2.43. The lowest BCUT2D eigenvalue weighted by Gasteiger charge is -2.11. The van der Waals surface area contributed by atoms with Crippen LogP contribution in [-0.4, -0.2) is 32.4 Å². The normalized spacial score (nSPS) is 18.6. The number of carbonyl (C=O) groups excluding carboxylic acids is 1. The van der Waals surface area contributed by atoms with E-state index < -0.39 is 9.84 Å². The second-order valence-corrected chi connectivity index (χ2v) is 8.51. The molecule has 1 amide bonds. The first kappa shape index (κ1) is 17.5. The molecule has 0 saturated carbocycles. The standard InChI is InChI=1S/C19H21NO4S/c21-19(20-12-16-9-10-25(22,23)14-16)17-7-4-8-18(11-17)24-13-15-5-2-1-3-6-15/h1-8,11,16H,9-10,12-14H2,(H,20,21). The molecule has 1 aliphatic heterocycles. The third-order valence-electron chi connectivity index (χ3n) is 4.22. The largest absolute Gasteiger partial charge is 0.489 e. The van der Waals surface area contributed by atoms with Gasteiger partial charge in [0.05, 0.1) is 11.5 Å². The topological polar surface area (TPSA) is 72.5 Å². The highest BCUT2D eigenvalue weighted by Gasteiger charge is 2.27. The number of amides is 1. The Morgan fingerprint density at radius 1 is 1.12 bits per heavy atom. The third-order valence-corrected chi connectivity index (χ3v) is 6.06. The van der Waals surface area contributed by atoms with Gasteiger partial charge in [0.15, 0.2) is 9.84 Å². The average molecular weight is 359 g/mol. The van der Waals surface area contributed by atoms with Crippen molar-refractivity contribution in [3.63, 3.8) is 0 Å². The minimum absolute atomic E-state index is 0.00598. The Hall–Kier alpha value is -2.34. The summed E-state index contributed by atoms with van der Waals surface area (Å²) in [5.41, 5.74) is 1.56. The quantitative estimate of drug-likeness (QED) is 0.860. The third kappa shape index (κ3) is 5.06. The fourth-order valence-electron chi connectivity index (χ4n) is 2.84. The average Bonchev–Trinajstić information content (AvgIpc) is 2.98. The van der Waals surface area contributed by atoms with Crippen molar-refractivity contribution in [3.8, 4) is 5.75 Å². The van der Waals surface area contributed by atoms with Gasteiger partial charge in [-0.3, -0.25) is 4.79 Å². The van der Waals surface area contributed by atoms with Crippen LogP contribution in [0.1, 0.15) is 22.3 Å². The second kappa shape index (κ2) is 7.70. The molecule has 0 bridgehead atoms. The van der Waals surface area contributed by atoms with Crippen molar-refractivity contribution in [1.29, 1.82) is 0 Å². The molecular formula is C19H21NO4S. The van der Waals surface area contributed by atoms with Crippen molar-refractivity contribution in [2.24, 2.45) is 5.92 Å². The molecule has 5 nitrogen and oxygen atoms in total. The van der Waals surface area contributed by atoms with Crippen molar-refractivity contribution >= 4 is 15.7 Å². The highest BCUT2D eigenvalue weighted by molar-refractivity contribution is 7.91. The van der Waals surface area contributed by atoms with E-state index in [1.54, 1.807) is 18.2 Å². The predicted molar refractivity (Wildman–Crippen MR) is 96.3 cm³/mol. The Morgan fingerprint density at radius 2 is 1.92 bits per heavy atom. The summed E-state index contributed by atoms with van der Waals surface area (Å²) in [4.78, 5) is 12.3. The van der Waals surface area contributed by atoms with Crippen molar-refractivity contribution in [2.75, 3.05) is 18.1 Å². The maximum Gasteiger partial charge on any atom is 0.251 e. The van der Waals surface area contributed by atoms with E-state index in [4.69, 9.17) is 4.74 Å². The molecule has 1 atom stereocenters. The Kier molecular flexibility index (Phi) is 5.38. The maximum atomic E-state index is 12.3. The molecule has 1 N–H and O–H groups in total. The highest BCUT2D eigenvalue weighted by Crippen LogP contribution is 2.18. The molecule has 1 fully saturated rings. The number of nitrogens with one attached hydrogen (secondary N) is 1. The molecule has 1 heterocycles. The van der Waals surface area contributed by atoms with Crippen molar-refractivity contribution < 1.29 is 17.9 Å². The van der Waals surface area contributed by atoms with Crippen molar-refractivity contribution in [1.82, 2.24) is 5.32 Å². The number of ether oxygens (including phenoxy) is 1. The Bertz CT molecular complexity index is 834. The summed E-state index contributed by atoms with van der Waals surface area (Å²) in [5.74, 6) is 0.796. The Morgan fingerprint density at radius 3 is 2.64 bits per heavy atom. The van der Waals surface area contributed by atoms with Gasteiger partial charge < -0.3 is 10.1 Å². The number of sulfone groups is 1. The van der Waals surface area contributed by atoms with Gasteiger partial charge in [0.25, 0.3) is 5.91 Å². The summed E-state index contributed by atoms with van der Waals surface area (Å²) in [5, 5.41) is 2.82. The van der Waals surface area contributed by atoms with Crippen LogP contribution in [0.2, 0.25) is 0 Å². The molecule has 3 rings (SSSR count). The number of hydrogen-bond donors (Lipinski definition) is 1. The molecule has 25 heavy (non-hydrogen) atoms. The van der Waals surface area contributed by atoms with Gasteiger partial charge in [0.2, 0.25) is 0 Å². The van der Waals surface area contributed by atoms with Crippen LogP contribution in [-0.2, 0) is 16.4 Å². The molecule has 0 radical (unpaired) electrons. The van der Waals surface area contributed by atoms with Gasteiger partial charge >= 0.3 is 0 Å². The van der Waals surface area contributed by atoms with Gasteiger partial charge in [-0.25, -0.2) is 8.42 Å². The van der Waals surface area contributed by atoms with Crippen LogP contribution in [0, 0.1) is 5.92 Å². The zero-order valence-corrected chi connectivity index (χ0v) is 14.7. The summed E-state index contributed by atoms with van der Waals surface area (Å²) in [6.45, 7) is 0.818. The molecule has 1 saturated heterocycles. The molecule has 1 aliphatic rings. The molecule has 2 aromatic rings. The number of carbonyl (C=O) groups is 1. The monoisotopic (exact) mass is 359 g/mol. The van der Waals surface area contributed by atoms with Gasteiger partial charge in [-0.15, -0.1) is 0 Å². The number of benzene rings is 2. The molecule has 0 aromatic heterocycles. The summed E-state index contributed by atoms with van der Waals surface area (Å²) < 4.78 is 28.6. The maximum absolute atomic E-state index is 12.3. The summed E-state index contributed by atoms with van der Waals surface area (Å²) in [7, 11) is -2.92. The van der Waals surface area contributed by atoms with E-state index in [1.807, 2.05) is 36.4 Å². The number of rotatable bonds is 6. The lowest BCUT2D eigenvalue weighted by Crippen LogP contribution is -2.29. The van der Waals surface area contributed by atoms with Gasteiger partial charge in [-0.05, 0) is 36.1 Å². The molecule has 0 aliphatic carbocycles. The highest BCUT2D eigenvalue weighted by atomic mass is 32.2. The minimum Gasteiger partial charge on any atom is -0.489 e. The first-order valence-corrected chi connectivity index (χ1v) is 10.1. The van der Waals surface area contributed by atoms with Crippen LogP contribution >= 0.6 is 0 Å². The van der Waals surface area contributed by atoms with E-state index in [0.29, 0.717) is 30.9 Å². The van der Waals surface area contributed by atoms with E-state index in [1.165, 1.54) is 0 Å². The van der Waals surface area contributed by atoms with Crippen LogP contribution in [0.4, 0.5) is 0 Å². The summed E-state index contributed by atoms with van der Waals surface area (Å²) in [6.07, 6.45) is 0.614. The minimum atomic E-state index is -2.92. The Balaban J connectivity index is 1.54. The molecule has 1 unspecified atom stereocenters. The van der Waals surface area contributed by atoms with Crippen LogP contribution in [0.15, 0.2) is 54.6 Å². The van der Waals surface area contributed by atoms with Gasteiger partial charge in [-0.1, -0.05) is 36.4 Å². The first-order valence-electron chi connectivity index (χ1n) is 8.27. The molecule has 6 heteroatoms. The summed E-state index contributed by atoms with van der Waals surface area (Å²) in [6, 6.07) is 16.8. The molecular weight excluding hydrogens is 338 g/mol. The zero-order chi connectivity index (χ0) is 17.7. The van der Waals surface area contributed by atoms with Gasteiger partial charge in [0, 0.05) is 12.1 Å². The molecule has 0 spiro atoms. The van der Waals surface area contributed by atoms with Crippen LogP contribution < -0.4 is 10.1 Å². The fraction of sp³-hybridized carbons (Fsp3) is 0.316.